The molecule has 0 amide bonds. The van der Waals surface area contributed by atoms with E-state index in [-0.39, 0.29) is 22.5 Å². The summed E-state index contributed by atoms with van der Waals surface area (Å²) < 4.78 is 22.3. The second-order valence-electron chi connectivity index (χ2n) is 7.22. The Morgan fingerprint density at radius 3 is 2.62 bits per heavy atom. The zero-order chi connectivity index (χ0) is 18.5. The van der Waals surface area contributed by atoms with E-state index < -0.39 is 5.63 Å². The van der Waals surface area contributed by atoms with Crippen LogP contribution in [0.15, 0.2) is 37.9 Å². The van der Waals surface area contributed by atoms with Crippen molar-refractivity contribution in [1.29, 1.82) is 0 Å². The molecule has 6 nitrogen and oxygen atoms in total. The fraction of sp³-hybridized carbons (Fsp3) is 0.350. The van der Waals surface area contributed by atoms with Crippen molar-refractivity contribution in [3.63, 3.8) is 0 Å². The Morgan fingerprint density at radius 1 is 1.15 bits per heavy atom. The molecule has 26 heavy (non-hydrogen) atoms. The number of ether oxygens (including phenoxy) is 2. The first kappa shape index (κ1) is 16.7. The highest BCUT2D eigenvalue weighted by Gasteiger charge is 2.34. The van der Waals surface area contributed by atoms with Crippen molar-refractivity contribution >= 4 is 11.0 Å². The van der Waals surface area contributed by atoms with Gasteiger partial charge in [0.25, 0.3) is 0 Å². The number of fused-ring (bicyclic) bond motifs is 1. The molecule has 1 aromatic carbocycles. The van der Waals surface area contributed by atoms with E-state index in [1.165, 1.54) is 6.92 Å². The largest absolute Gasteiger partial charge is 0.507 e. The van der Waals surface area contributed by atoms with Gasteiger partial charge in [0, 0.05) is 22.4 Å². The third kappa shape index (κ3) is 2.76. The van der Waals surface area contributed by atoms with Crippen molar-refractivity contribution in [2.75, 3.05) is 19.8 Å². The van der Waals surface area contributed by atoms with Gasteiger partial charge in [-0.05, 0) is 32.0 Å². The predicted molar refractivity (Wildman–Crippen MR) is 95.7 cm³/mol. The molecule has 4 rings (SSSR count). The molecule has 1 fully saturated rings. The quantitative estimate of drug-likeness (QED) is 0.766. The number of furan rings is 1. The maximum absolute atomic E-state index is 11.9. The van der Waals surface area contributed by atoms with Crippen molar-refractivity contribution in [2.24, 2.45) is 5.41 Å². The first-order chi connectivity index (χ1) is 12.4. The lowest BCUT2D eigenvalue weighted by Crippen LogP contribution is -2.44. The Morgan fingerprint density at radius 2 is 1.92 bits per heavy atom. The SMILES string of the molecule is Cc1c(-c2cc3ccc(OCC4(C)COC4)cc3o2)oc(=O)c(C)c1O. The van der Waals surface area contributed by atoms with Crippen molar-refractivity contribution in [3.05, 3.63) is 45.8 Å². The summed E-state index contributed by atoms with van der Waals surface area (Å²) in [5.74, 6) is 1.26. The van der Waals surface area contributed by atoms with Crippen LogP contribution < -0.4 is 10.4 Å². The van der Waals surface area contributed by atoms with Gasteiger partial charge in [-0.1, -0.05) is 6.92 Å². The molecule has 3 heterocycles. The minimum atomic E-state index is -0.580. The standard InChI is InChI=1S/C20H20O6/c1-11-17(21)12(2)19(22)26-18(11)16-6-13-4-5-14(7-15(13)25-16)24-10-20(3)8-23-9-20/h4-7,21H,8-10H2,1-3H3. The van der Waals surface area contributed by atoms with Gasteiger partial charge in [0.2, 0.25) is 0 Å². The molecule has 0 aliphatic carbocycles. The first-order valence-electron chi connectivity index (χ1n) is 8.44. The smallest absolute Gasteiger partial charge is 0.343 e. The Bertz CT molecular complexity index is 1040. The van der Waals surface area contributed by atoms with E-state index >= 15 is 0 Å². The Labute approximate surface area is 150 Å². The maximum atomic E-state index is 11.9. The Hall–Kier alpha value is -2.73. The first-order valence-corrected chi connectivity index (χ1v) is 8.44. The second-order valence-corrected chi connectivity index (χ2v) is 7.22. The molecule has 2 aromatic heterocycles. The third-order valence-corrected chi connectivity index (χ3v) is 4.76. The lowest BCUT2D eigenvalue weighted by Gasteiger charge is -2.37. The number of aromatic hydroxyl groups is 1. The average molecular weight is 356 g/mol. The topological polar surface area (TPSA) is 82.0 Å². The van der Waals surface area contributed by atoms with Crippen LogP contribution in [-0.2, 0) is 4.74 Å². The molecule has 0 radical (unpaired) electrons. The second kappa shape index (κ2) is 5.92. The van der Waals surface area contributed by atoms with E-state index in [0.29, 0.717) is 42.5 Å². The van der Waals surface area contributed by atoms with Gasteiger partial charge in [0.1, 0.15) is 17.1 Å². The molecular weight excluding hydrogens is 336 g/mol. The summed E-state index contributed by atoms with van der Waals surface area (Å²) >= 11 is 0. The highest BCUT2D eigenvalue weighted by molar-refractivity contribution is 5.83. The van der Waals surface area contributed by atoms with Crippen LogP contribution in [-0.4, -0.2) is 24.9 Å². The Kier molecular flexibility index (Phi) is 3.80. The molecule has 1 saturated heterocycles. The summed E-state index contributed by atoms with van der Waals surface area (Å²) in [5.41, 5.74) is 0.753. The van der Waals surface area contributed by atoms with Crippen LogP contribution >= 0.6 is 0 Å². The zero-order valence-electron chi connectivity index (χ0n) is 14.9. The van der Waals surface area contributed by atoms with Crippen LogP contribution in [0.25, 0.3) is 22.5 Å². The lowest BCUT2D eigenvalue weighted by molar-refractivity contribution is -0.120. The maximum Gasteiger partial charge on any atom is 0.343 e. The summed E-state index contributed by atoms with van der Waals surface area (Å²) in [4.78, 5) is 11.9. The predicted octanol–water partition coefficient (Wildman–Crippen LogP) is 3.79. The summed E-state index contributed by atoms with van der Waals surface area (Å²) in [6.45, 7) is 7.31. The molecule has 1 aliphatic rings. The normalized spacial score (nSPS) is 15.8. The lowest BCUT2D eigenvalue weighted by atomic mass is 9.90. The van der Waals surface area contributed by atoms with E-state index in [4.69, 9.17) is 18.3 Å². The molecule has 6 heteroatoms. The van der Waals surface area contributed by atoms with Gasteiger partial charge in [-0.3, -0.25) is 0 Å². The third-order valence-electron chi connectivity index (χ3n) is 4.76. The fourth-order valence-electron chi connectivity index (χ4n) is 2.97. The molecule has 136 valence electrons. The van der Waals surface area contributed by atoms with Crippen LogP contribution in [0.4, 0.5) is 0 Å². The monoisotopic (exact) mass is 356 g/mol. The molecular formula is C20H20O6. The zero-order valence-corrected chi connectivity index (χ0v) is 14.9. The summed E-state index contributed by atoms with van der Waals surface area (Å²) in [7, 11) is 0. The van der Waals surface area contributed by atoms with E-state index in [1.54, 1.807) is 13.0 Å². The van der Waals surface area contributed by atoms with Gasteiger partial charge >= 0.3 is 5.63 Å². The highest BCUT2D eigenvalue weighted by Crippen LogP contribution is 2.35. The van der Waals surface area contributed by atoms with Crippen LogP contribution in [0.1, 0.15) is 18.1 Å². The van der Waals surface area contributed by atoms with Crippen LogP contribution in [0.5, 0.6) is 11.5 Å². The number of benzene rings is 1. The fourth-order valence-corrected chi connectivity index (χ4v) is 2.97. The van der Waals surface area contributed by atoms with Gasteiger partial charge in [-0.25, -0.2) is 4.79 Å². The van der Waals surface area contributed by atoms with Gasteiger partial charge in [0.05, 0.1) is 25.4 Å². The molecule has 1 N–H and O–H groups in total. The molecule has 1 aliphatic heterocycles. The minimum Gasteiger partial charge on any atom is -0.507 e. The molecule has 0 atom stereocenters. The van der Waals surface area contributed by atoms with Crippen LogP contribution in [0.3, 0.4) is 0 Å². The molecule has 3 aromatic rings. The van der Waals surface area contributed by atoms with Gasteiger partial charge < -0.3 is 23.4 Å². The minimum absolute atomic E-state index is 0.0588. The summed E-state index contributed by atoms with van der Waals surface area (Å²) in [5, 5.41) is 10.9. The van der Waals surface area contributed by atoms with Gasteiger partial charge in [0.15, 0.2) is 11.5 Å². The van der Waals surface area contributed by atoms with Crippen molar-refractivity contribution in [2.45, 2.75) is 20.8 Å². The van der Waals surface area contributed by atoms with Crippen molar-refractivity contribution in [1.82, 2.24) is 0 Å². The summed E-state index contributed by atoms with van der Waals surface area (Å²) in [6.07, 6.45) is 0. The van der Waals surface area contributed by atoms with E-state index in [9.17, 15) is 9.90 Å². The average Bonchev–Trinajstić information content (AvgIpc) is 3.02. The van der Waals surface area contributed by atoms with Crippen molar-refractivity contribution < 1.29 is 23.4 Å². The molecule has 0 spiro atoms. The van der Waals surface area contributed by atoms with E-state index in [2.05, 4.69) is 6.92 Å². The van der Waals surface area contributed by atoms with Crippen molar-refractivity contribution in [3.8, 4) is 23.0 Å². The Balaban J connectivity index is 1.67. The summed E-state index contributed by atoms with van der Waals surface area (Å²) in [6, 6.07) is 7.35. The van der Waals surface area contributed by atoms with Gasteiger partial charge in [-0.15, -0.1) is 0 Å². The molecule has 0 saturated carbocycles. The number of rotatable bonds is 4. The molecule has 0 unspecified atom stereocenters. The van der Waals surface area contributed by atoms with Crippen LogP contribution in [0.2, 0.25) is 0 Å². The van der Waals surface area contributed by atoms with Crippen LogP contribution in [0, 0.1) is 19.3 Å². The number of hydrogen-bond acceptors (Lipinski definition) is 6. The van der Waals surface area contributed by atoms with Gasteiger partial charge in [-0.2, -0.15) is 0 Å². The molecule has 0 bridgehead atoms. The number of hydrogen-bond donors (Lipinski definition) is 1. The highest BCUT2D eigenvalue weighted by atomic mass is 16.5. The van der Waals surface area contributed by atoms with E-state index in [1.807, 2.05) is 18.2 Å². The van der Waals surface area contributed by atoms with E-state index in [0.717, 1.165) is 5.39 Å².